The Kier molecular flexibility index (Phi) is 4.76. The molecule has 24 heavy (non-hydrogen) atoms. The van der Waals surface area contributed by atoms with Gasteiger partial charge in [0.05, 0.1) is 6.04 Å². The van der Waals surface area contributed by atoms with Crippen LogP contribution in [-0.4, -0.2) is 10.2 Å². The van der Waals surface area contributed by atoms with Gasteiger partial charge in [-0.25, -0.2) is 0 Å². The van der Waals surface area contributed by atoms with Gasteiger partial charge < -0.3 is 4.42 Å². The summed E-state index contributed by atoms with van der Waals surface area (Å²) in [5, 5.41) is 11.9. The molecule has 4 heteroatoms. The molecule has 0 aliphatic carbocycles. The van der Waals surface area contributed by atoms with E-state index >= 15 is 0 Å². The van der Waals surface area contributed by atoms with Crippen LogP contribution in [0.2, 0.25) is 0 Å². The van der Waals surface area contributed by atoms with Crippen molar-refractivity contribution in [2.45, 2.75) is 39.8 Å². The van der Waals surface area contributed by atoms with Crippen LogP contribution in [0, 0.1) is 13.8 Å². The molecule has 2 aromatic carbocycles. The van der Waals surface area contributed by atoms with Gasteiger partial charge in [-0.1, -0.05) is 42.0 Å². The van der Waals surface area contributed by atoms with E-state index in [1.54, 1.807) is 0 Å². The fourth-order valence-corrected chi connectivity index (χ4v) is 2.87. The molecule has 1 aromatic heterocycles. The number of aromatic nitrogens is 2. The summed E-state index contributed by atoms with van der Waals surface area (Å²) < 4.78 is 5.84. The van der Waals surface area contributed by atoms with Crippen LogP contribution in [0.4, 0.5) is 0 Å². The zero-order chi connectivity index (χ0) is 17.1. The van der Waals surface area contributed by atoms with E-state index in [0.717, 1.165) is 5.56 Å². The second kappa shape index (κ2) is 6.97. The van der Waals surface area contributed by atoms with Crippen molar-refractivity contribution in [3.05, 3.63) is 71.1 Å². The third-order valence-corrected chi connectivity index (χ3v) is 4.23. The van der Waals surface area contributed by atoms with Crippen LogP contribution in [0.3, 0.4) is 0 Å². The quantitative estimate of drug-likeness (QED) is 0.735. The van der Waals surface area contributed by atoms with Crippen LogP contribution in [0.25, 0.3) is 11.5 Å². The third-order valence-electron chi connectivity index (χ3n) is 4.23. The molecule has 0 bridgehead atoms. The van der Waals surface area contributed by atoms with Crippen LogP contribution in [0.15, 0.2) is 52.9 Å². The summed E-state index contributed by atoms with van der Waals surface area (Å²) in [6.45, 7) is 8.46. The van der Waals surface area contributed by atoms with E-state index < -0.39 is 0 Å². The molecule has 0 saturated carbocycles. The van der Waals surface area contributed by atoms with E-state index in [1.807, 2.05) is 37.3 Å². The molecule has 0 aliphatic heterocycles. The lowest BCUT2D eigenvalue weighted by Crippen LogP contribution is -2.23. The van der Waals surface area contributed by atoms with Crippen molar-refractivity contribution >= 4 is 0 Å². The highest BCUT2D eigenvalue weighted by Crippen LogP contribution is 2.24. The van der Waals surface area contributed by atoms with Crippen LogP contribution in [-0.2, 0) is 0 Å². The van der Waals surface area contributed by atoms with E-state index in [1.165, 1.54) is 16.7 Å². The van der Waals surface area contributed by atoms with Crippen molar-refractivity contribution in [2.24, 2.45) is 0 Å². The molecule has 0 amide bonds. The number of benzene rings is 2. The largest absolute Gasteiger partial charge is 0.419 e. The molecule has 3 rings (SSSR count). The average molecular weight is 321 g/mol. The monoisotopic (exact) mass is 321 g/mol. The van der Waals surface area contributed by atoms with E-state index in [0.29, 0.717) is 11.8 Å². The molecule has 2 unspecified atom stereocenters. The van der Waals surface area contributed by atoms with Gasteiger partial charge >= 0.3 is 0 Å². The van der Waals surface area contributed by atoms with Crippen molar-refractivity contribution in [3.63, 3.8) is 0 Å². The standard InChI is InChI=1S/C20H23N3O/c1-13-10-11-14(2)18(12-13)15(3)21-16(4)19-22-23-20(24-19)17-8-6-5-7-9-17/h5-12,15-16,21H,1-4H3. The lowest BCUT2D eigenvalue weighted by Gasteiger charge is -2.20. The summed E-state index contributed by atoms with van der Waals surface area (Å²) >= 11 is 0. The van der Waals surface area contributed by atoms with Crippen molar-refractivity contribution in [2.75, 3.05) is 0 Å². The molecule has 124 valence electrons. The van der Waals surface area contributed by atoms with Crippen LogP contribution in [0.1, 0.15) is 48.5 Å². The Morgan fingerprint density at radius 1 is 0.917 bits per heavy atom. The van der Waals surface area contributed by atoms with Gasteiger partial charge in [-0.05, 0) is 51.0 Å². The Bertz CT molecular complexity index is 811. The van der Waals surface area contributed by atoms with E-state index in [2.05, 4.69) is 54.5 Å². The van der Waals surface area contributed by atoms with Gasteiger partial charge in [0.25, 0.3) is 0 Å². The normalized spacial score (nSPS) is 13.7. The first kappa shape index (κ1) is 16.4. The number of aryl methyl sites for hydroxylation is 2. The molecule has 0 aliphatic rings. The Morgan fingerprint density at radius 2 is 1.67 bits per heavy atom. The number of nitrogens with one attached hydrogen (secondary N) is 1. The highest BCUT2D eigenvalue weighted by Gasteiger charge is 2.18. The highest BCUT2D eigenvalue weighted by molar-refractivity contribution is 5.51. The summed E-state index contributed by atoms with van der Waals surface area (Å²) in [6, 6.07) is 16.5. The predicted molar refractivity (Wildman–Crippen MR) is 95.6 cm³/mol. The minimum atomic E-state index is -0.0233. The Balaban J connectivity index is 1.74. The predicted octanol–water partition coefficient (Wildman–Crippen LogP) is 4.77. The first-order valence-electron chi connectivity index (χ1n) is 8.26. The molecule has 2 atom stereocenters. The van der Waals surface area contributed by atoms with Gasteiger partial charge in [-0.2, -0.15) is 0 Å². The number of rotatable bonds is 5. The van der Waals surface area contributed by atoms with Crippen molar-refractivity contribution in [3.8, 4) is 11.5 Å². The van der Waals surface area contributed by atoms with Gasteiger partial charge in [-0.3, -0.25) is 5.32 Å². The third kappa shape index (κ3) is 3.54. The summed E-state index contributed by atoms with van der Waals surface area (Å²) in [6.07, 6.45) is 0. The Morgan fingerprint density at radius 3 is 2.42 bits per heavy atom. The van der Waals surface area contributed by atoms with Gasteiger partial charge in [0.1, 0.15) is 0 Å². The van der Waals surface area contributed by atoms with Crippen LogP contribution >= 0.6 is 0 Å². The molecule has 1 heterocycles. The van der Waals surface area contributed by atoms with Crippen molar-refractivity contribution < 1.29 is 4.42 Å². The lowest BCUT2D eigenvalue weighted by atomic mass is 9.99. The lowest BCUT2D eigenvalue weighted by molar-refractivity contribution is 0.394. The minimum absolute atomic E-state index is 0.0233. The Hall–Kier alpha value is -2.46. The maximum absolute atomic E-state index is 5.84. The molecule has 0 saturated heterocycles. The zero-order valence-electron chi connectivity index (χ0n) is 14.6. The highest BCUT2D eigenvalue weighted by atomic mass is 16.4. The van der Waals surface area contributed by atoms with Gasteiger partial charge in [0.15, 0.2) is 0 Å². The number of hydrogen-bond acceptors (Lipinski definition) is 4. The van der Waals surface area contributed by atoms with E-state index in [-0.39, 0.29) is 12.1 Å². The molecular formula is C20H23N3O. The number of hydrogen-bond donors (Lipinski definition) is 1. The zero-order valence-corrected chi connectivity index (χ0v) is 14.6. The average Bonchev–Trinajstić information content (AvgIpc) is 3.08. The summed E-state index contributed by atoms with van der Waals surface area (Å²) in [7, 11) is 0. The summed E-state index contributed by atoms with van der Waals surface area (Å²) in [4.78, 5) is 0. The molecular weight excluding hydrogens is 298 g/mol. The van der Waals surface area contributed by atoms with E-state index in [9.17, 15) is 0 Å². The molecule has 1 N–H and O–H groups in total. The maximum Gasteiger partial charge on any atom is 0.247 e. The SMILES string of the molecule is Cc1ccc(C)c(C(C)NC(C)c2nnc(-c3ccccc3)o2)c1. The maximum atomic E-state index is 5.84. The first-order chi connectivity index (χ1) is 11.5. The van der Waals surface area contributed by atoms with Crippen LogP contribution in [0.5, 0.6) is 0 Å². The minimum Gasteiger partial charge on any atom is -0.419 e. The van der Waals surface area contributed by atoms with Gasteiger partial charge in [-0.15, -0.1) is 10.2 Å². The van der Waals surface area contributed by atoms with Gasteiger partial charge in [0, 0.05) is 11.6 Å². The molecule has 0 fully saturated rings. The smallest absolute Gasteiger partial charge is 0.247 e. The van der Waals surface area contributed by atoms with E-state index in [4.69, 9.17) is 4.42 Å². The summed E-state index contributed by atoms with van der Waals surface area (Å²) in [5.74, 6) is 1.16. The topological polar surface area (TPSA) is 51.0 Å². The second-order valence-electron chi connectivity index (χ2n) is 6.28. The molecule has 0 spiro atoms. The summed E-state index contributed by atoms with van der Waals surface area (Å²) in [5.41, 5.74) is 4.78. The number of nitrogens with zero attached hydrogens (tertiary/aromatic N) is 2. The van der Waals surface area contributed by atoms with Crippen LogP contribution < -0.4 is 5.32 Å². The van der Waals surface area contributed by atoms with Crippen molar-refractivity contribution in [1.82, 2.24) is 15.5 Å². The molecule has 0 radical (unpaired) electrons. The fraction of sp³-hybridized carbons (Fsp3) is 0.300. The molecule has 4 nitrogen and oxygen atoms in total. The molecule has 3 aromatic rings. The first-order valence-corrected chi connectivity index (χ1v) is 8.26. The second-order valence-corrected chi connectivity index (χ2v) is 6.28. The van der Waals surface area contributed by atoms with Gasteiger partial charge in [0.2, 0.25) is 11.8 Å². The Labute approximate surface area is 142 Å². The fourth-order valence-electron chi connectivity index (χ4n) is 2.87. The van der Waals surface area contributed by atoms with Crippen molar-refractivity contribution in [1.29, 1.82) is 0 Å².